The molecule has 0 aromatic carbocycles. The maximum atomic E-state index is 11.2. The number of nitrogens with one attached hydrogen (secondary N) is 1. The van der Waals surface area contributed by atoms with Gasteiger partial charge >= 0.3 is 0 Å². The van der Waals surface area contributed by atoms with Gasteiger partial charge in [-0.2, -0.15) is 5.26 Å². The molecule has 0 spiro atoms. The smallest absolute Gasteiger partial charge is 0.214 e. The lowest BCUT2D eigenvalue weighted by molar-refractivity contribution is 0.573. The van der Waals surface area contributed by atoms with E-state index in [4.69, 9.17) is 11.7 Å². The van der Waals surface area contributed by atoms with Crippen molar-refractivity contribution in [3.8, 4) is 18.4 Å². The largest absolute Gasteiger partial charge is 0.227 e. The van der Waals surface area contributed by atoms with E-state index in [1.807, 2.05) is 0 Å². The summed E-state index contributed by atoms with van der Waals surface area (Å²) in [6.07, 6.45) is 7.17. The molecule has 0 amide bonds. The summed E-state index contributed by atoms with van der Waals surface area (Å²) in [5, 5.41) is 7.41. The van der Waals surface area contributed by atoms with Crippen molar-refractivity contribution in [1.29, 1.82) is 5.26 Å². The third kappa shape index (κ3) is 4.86. The van der Waals surface area contributed by atoms with Crippen molar-refractivity contribution in [1.82, 2.24) is 4.72 Å². The lowest BCUT2D eigenvalue weighted by Crippen LogP contribution is -2.32. The zero-order valence-corrected chi connectivity index (χ0v) is 8.97. The van der Waals surface area contributed by atoms with Crippen molar-refractivity contribution in [2.24, 2.45) is 0 Å². The van der Waals surface area contributed by atoms with Crippen molar-refractivity contribution < 1.29 is 8.42 Å². The number of hydrogen-bond acceptors (Lipinski definition) is 3. The second-order valence-corrected chi connectivity index (χ2v) is 4.96. The van der Waals surface area contributed by atoms with Gasteiger partial charge in [0.1, 0.15) is 0 Å². The second-order valence-electron chi connectivity index (χ2n) is 2.87. The monoisotopic (exact) mass is 214 g/mol. The fraction of sp³-hybridized carbons (Fsp3) is 0.667. The van der Waals surface area contributed by atoms with Crippen molar-refractivity contribution in [2.75, 3.05) is 6.54 Å². The molecule has 0 radical (unpaired) electrons. The first kappa shape index (κ1) is 13.0. The van der Waals surface area contributed by atoms with Gasteiger partial charge in [0, 0.05) is 13.0 Å². The van der Waals surface area contributed by atoms with E-state index in [1.54, 1.807) is 6.07 Å². The number of terminal acetylenes is 1. The maximum absolute atomic E-state index is 11.2. The van der Waals surface area contributed by atoms with Crippen LogP contribution in [-0.4, -0.2) is 20.2 Å². The van der Waals surface area contributed by atoms with Crippen LogP contribution < -0.4 is 4.72 Å². The van der Waals surface area contributed by atoms with Gasteiger partial charge in [0.25, 0.3) is 0 Å². The summed E-state index contributed by atoms with van der Waals surface area (Å²) in [6, 6.07) is 1.67. The highest BCUT2D eigenvalue weighted by atomic mass is 32.2. The summed E-state index contributed by atoms with van der Waals surface area (Å²) in [4.78, 5) is 0. The molecule has 0 fully saturated rings. The summed E-state index contributed by atoms with van der Waals surface area (Å²) >= 11 is 0. The molecule has 14 heavy (non-hydrogen) atoms. The van der Waals surface area contributed by atoms with E-state index in [0.29, 0.717) is 19.4 Å². The van der Waals surface area contributed by atoms with Crippen LogP contribution in [-0.2, 0) is 10.0 Å². The van der Waals surface area contributed by atoms with Crippen LogP contribution in [0.25, 0.3) is 0 Å². The molecule has 1 N–H and O–H groups in total. The van der Waals surface area contributed by atoms with E-state index in [2.05, 4.69) is 10.6 Å². The first-order valence-electron chi connectivity index (χ1n) is 4.36. The molecular formula is C9H14N2O2S. The Morgan fingerprint density at radius 1 is 1.50 bits per heavy atom. The maximum Gasteiger partial charge on any atom is 0.227 e. The van der Waals surface area contributed by atoms with Crippen molar-refractivity contribution in [3.63, 3.8) is 0 Å². The fourth-order valence-electron chi connectivity index (χ4n) is 0.761. The highest BCUT2D eigenvalue weighted by Gasteiger charge is 2.18. The van der Waals surface area contributed by atoms with Gasteiger partial charge in [-0.3, -0.25) is 0 Å². The zero-order valence-electron chi connectivity index (χ0n) is 8.16. The van der Waals surface area contributed by atoms with Crippen LogP contribution in [0.2, 0.25) is 0 Å². The van der Waals surface area contributed by atoms with E-state index < -0.39 is 15.3 Å². The molecule has 1 atom stereocenters. The Labute approximate surface area is 85.4 Å². The normalized spacial score (nSPS) is 12.8. The van der Waals surface area contributed by atoms with Gasteiger partial charge in [-0.1, -0.05) is 0 Å². The number of unbranched alkanes of at least 4 members (excludes halogenated alkanes) is 2. The number of hydrogen-bond donors (Lipinski definition) is 1. The molecule has 0 heterocycles. The molecule has 0 aliphatic carbocycles. The third-order valence-electron chi connectivity index (χ3n) is 1.70. The van der Waals surface area contributed by atoms with Gasteiger partial charge in [0.05, 0.1) is 6.07 Å². The minimum Gasteiger partial charge on any atom is -0.214 e. The predicted octanol–water partition coefficient (Wildman–Crippen LogP) is 0.621. The first-order valence-corrected chi connectivity index (χ1v) is 5.90. The molecule has 0 saturated carbocycles. The second kappa shape index (κ2) is 6.42. The molecule has 0 aliphatic heterocycles. The average molecular weight is 214 g/mol. The first-order chi connectivity index (χ1) is 6.54. The SMILES string of the molecule is C#CCCCCNS(=O)(=O)C(C)C#N. The highest BCUT2D eigenvalue weighted by molar-refractivity contribution is 7.90. The molecule has 5 heteroatoms. The summed E-state index contributed by atoms with van der Waals surface area (Å²) in [7, 11) is -3.46. The standard InChI is InChI=1S/C9H14N2O2S/c1-3-4-5-6-7-11-14(12,13)9(2)8-10/h1,9,11H,4-7H2,2H3. The van der Waals surface area contributed by atoms with Gasteiger partial charge in [0.2, 0.25) is 10.0 Å². The van der Waals surface area contributed by atoms with Crippen molar-refractivity contribution >= 4 is 10.0 Å². The molecular weight excluding hydrogens is 200 g/mol. The molecule has 0 aromatic rings. The van der Waals surface area contributed by atoms with Crippen LogP contribution in [0.15, 0.2) is 0 Å². The Morgan fingerprint density at radius 2 is 2.14 bits per heavy atom. The van der Waals surface area contributed by atoms with Gasteiger partial charge < -0.3 is 0 Å². The van der Waals surface area contributed by atoms with Gasteiger partial charge in [-0.05, 0) is 19.8 Å². The lowest BCUT2D eigenvalue weighted by atomic mass is 10.2. The van der Waals surface area contributed by atoms with Crippen LogP contribution in [0.1, 0.15) is 26.2 Å². The molecule has 78 valence electrons. The molecule has 0 bridgehead atoms. The fourth-order valence-corrected chi connectivity index (χ4v) is 1.58. The number of nitriles is 1. The molecule has 0 aromatic heterocycles. The van der Waals surface area contributed by atoms with Gasteiger partial charge in [-0.15, -0.1) is 12.3 Å². The van der Waals surface area contributed by atoms with Gasteiger partial charge in [0.15, 0.2) is 5.25 Å². The molecule has 0 aliphatic rings. The summed E-state index contributed by atoms with van der Waals surface area (Å²) in [6.45, 7) is 1.69. The van der Waals surface area contributed by atoms with Crippen molar-refractivity contribution in [2.45, 2.75) is 31.4 Å². The zero-order chi connectivity index (χ0) is 11.0. The van der Waals surface area contributed by atoms with E-state index >= 15 is 0 Å². The Bertz CT molecular complexity index is 335. The minimum absolute atomic E-state index is 0.343. The van der Waals surface area contributed by atoms with Gasteiger partial charge in [-0.25, -0.2) is 13.1 Å². The Hall–Kier alpha value is -1.04. The molecule has 1 unspecified atom stereocenters. The minimum atomic E-state index is -3.46. The Kier molecular flexibility index (Phi) is 5.94. The van der Waals surface area contributed by atoms with E-state index in [-0.39, 0.29) is 0 Å². The van der Waals surface area contributed by atoms with E-state index in [1.165, 1.54) is 6.92 Å². The molecule has 4 nitrogen and oxygen atoms in total. The predicted molar refractivity (Wildman–Crippen MR) is 54.7 cm³/mol. The Balaban J connectivity index is 3.81. The molecule has 0 saturated heterocycles. The number of rotatable bonds is 6. The number of nitrogens with zero attached hydrogens (tertiary/aromatic N) is 1. The summed E-state index contributed by atoms with van der Waals surface area (Å²) in [5.74, 6) is 2.47. The lowest BCUT2D eigenvalue weighted by Gasteiger charge is -2.06. The van der Waals surface area contributed by atoms with Crippen LogP contribution >= 0.6 is 0 Å². The third-order valence-corrected chi connectivity index (χ3v) is 3.34. The van der Waals surface area contributed by atoms with E-state index in [0.717, 1.165) is 6.42 Å². The summed E-state index contributed by atoms with van der Waals surface area (Å²) < 4.78 is 24.8. The average Bonchev–Trinajstić information content (AvgIpc) is 2.16. The highest BCUT2D eigenvalue weighted by Crippen LogP contribution is 1.97. The quantitative estimate of drug-likeness (QED) is 0.520. The molecule has 0 rings (SSSR count). The topological polar surface area (TPSA) is 70.0 Å². The Morgan fingerprint density at radius 3 is 2.64 bits per heavy atom. The summed E-state index contributed by atoms with van der Waals surface area (Å²) in [5.41, 5.74) is 0. The van der Waals surface area contributed by atoms with Crippen LogP contribution in [0, 0.1) is 23.7 Å². The van der Waals surface area contributed by atoms with Crippen LogP contribution in [0.3, 0.4) is 0 Å². The van der Waals surface area contributed by atoms with Crippen molar-refractivity contribution in [3.05, 3.63) is 0 Å². The van der Waals surface area contributed by atoms with Crippen LogP contribution in [0.4, 0.5) is 0 Å². The number of sulfonamides is 1. The van der Waals surface area contributed by atoms with Crippen LogP contribution in [0.5, 0.6) is 0 Å². The van der Waals surface area contributed by atoms with E-state index in [9.17, 15) is 8.42 Å².